The Kier molecular flexibility index (Phi) is 6.01. The SMILES string of the molecule is Cc1ccccc1CN1CCN(C(=S)Nc2cccc(C(F)(F)F)c2)CC1. The van der Waals surface area contributed by atoms with Crippen LogP contribution in [-0.4, -0.2) is 41.1 Å². The Balaban J connectivity index is 1.54. The van der Waals surface area contributed by atoms with Gasteiger partial charge < -0.3 is 10.2 Å². The molecule has 0 aromatic heterocycles. The molecular weight excluding hydrogens is 371 g/mol. The highest BCUT2D eigenvalue weighted by Gasteiger charge is 2.30. The van der Waals surface area contributed by atoms with Crippen LogP contribution < -0.4 is 5.32 Å². The summed E-state index contributed by atoms with van der Waals surface area (Å²) < 4.78 is 38.5. The summed E-state index contributed by atoms with van der Waals surface area (Å²) in [6, 6.07) is 13.5. The molecule has 0 amide bonds. The van der Waals surface area contributed by atoms with E-state index in [1.54, 1.807) is 6.07 Å². The van der Waals surface area contributed by atoms with Crippen LogP contribution >= 0.6 is 12.2 Å². The van der Waals surface area contributed by atoms with Gasteiger partial charge in [-0.15, -0.1) is 0 Å². The second kappa shape index (κ2) is 8.27. The smallest absolute Gasteiger partial charge is 0.346 e. The number of hydrogen-bond acceptors (Lipinski definition) is 2. The lowest BCUT2D eigenvalue weighted by Crippen LogP contribution is -2.49. The largest absolute Gasteiger partial charge is 0.416 e. The zero-order valence-corrected chi connectivity index (χ0v) is 15.9. The van der Waals surface area contributed by atoms with Crippen molar-refractivity contribution in [2.75, 3.05) is 31.5 Å². The molecule has 2 aromatic carbocycles. The summed E-state index contributed by atoms with van der Waals surface area (Å²) in [5.74, 6) is 0. The summed E-state index contributed by atoms with van der Waals surface area (Å²) in [4.78, 5) is 4.37. The first kappa shape index (κ1) is 19.6. The molecule has 0 radical (unpaired) electrons. The number of alkyl halides is 3. The normalized spacial score (nSPS) is 15.6. The molecule has 0 bridgehead atoms. The molecule has 27 heavy (non-hydrogen) atoms. The number of nitrogens with zero attached hydrogens (tertiary/aromatic N) is 2. The molecule has 0 spiro atoms. The van der Waals surface area contributed by atoms with Gasteiger partial charge in [0, 0.05) is 38.4 Å². The maximum Gasteiger partial charge on any atom is 0.416 e. The van der Waals surface area contributed by atoms with Crippen LogP contribution in [0.2, 0.25) is 0 Å². The van der Waals surface area contributed by atoms with Crippen LogP contribution in [0.5, 0.6) is 0 Å². The Morgan fingerprint density at radius 2 is 1.74 bits per heavy atom. The minimum atomic E-state index is -4.36. The second-order valence-electron chi connectivity index (χ2n) is 6.70. The van der Waals surface area contributed by atoms with E-state index in [1.165, 1.54) is 17.2 Å². The van der Waals surface area contributed by atoms with Crippen molar-refractivity contribution in [2.45, 2.75) is 19.6 Å². The van der Waals surface area contributed by atoms with Gasteiger partial charge in [0.15, 0.2) is 5.11 Å². The number of nitrogens with one attached hydrogen (secondary N) is 1. The van der Waals surface area contributed by atoms with Gasteiger partial charge in [0.1, 0.15) is 0 Å². The number of anilines is 1. The summed E-state index contributed by atoms with van der Waals surface area (Å²) in [6.45, 7) is 6.22. The third kappa shape index (κ3) is 5.20. The fourth-order valence-electron chi connectivity index (χ4n) is 3.11. The van der Waals surface area contributed by atoms with E-state index in [-0.39, 0.29) is 0 Å². The maximum absolute atomic E-state index is 12.8. The van der Waals surface area contributed by atoms with Gasteiger partial charge in [-0.1, -0.05) is 30.3 Å². The zero-order valence-electron chi connectivity index (χ0n) is 15.1. The molecule has 1 saturated heterocycles. The monoisotopic (exact) mass is 393 g/mol. The fourth-order valence-corrected chi connectivity index (χ4v) is 3.41. The average Bonchev–Trinajstić information content (AvgIpc) is 2.64. The summed E-state index contributed by atoms with van der Waals surface area (Å²) in [7, 11) is 0. The van der Waals surface area contributed by atoms with Crippen molar-refractivity contribution in [1.29, 1.82) is 0 Å². The van der Waals surface area contributed by atoms with E-state index in [4.69, 9.17) is 12.2 Å². The molecule has 1 aliphatic rings. The number of aryl methyl sites for hydroxylation is 1. The van der Waals surface area contributed by atoms with Crippen molar-refractivity contribution in [3.63, 3.8) is 0 Å². The first-order valence-electron chi connectivity index (χ1n) is 8.83. The van der Waals surface area contributed by atoms with E-state index in [9.17, 15) is 13.2 Å². The topological polar surface area (TPSA) is 18.5 Å². The van der Waals surface area contributed by atoms with E-state index in [0.29, 0.717) is 10.8 Å². The summed E-state index contributed by atoms with van der Waals surface area (Å²) in [5, 5.41) is 3.40. The standard InChI is InChI=1S/C20H22F3N3S/c1-15-5-2-3-6-16(15)14-25-9-11-26(12-10-25)19(27)24-18-8-4-7-17(13-18)20(21,22)23/h2-8,13H,9-12,14H2,1H3,(H,24,27). The number of hydrogen-bond donors (Lipinski definition) is 1. The Morgan fingerprint density at radius 3 is 2.41 bits per heavy atom. The number of piperazine rings is 1. The summed E-state index contributed by atoms with van der Waals surface area (Å²) in [5.41, 5.74) is 2.27. The van der Waals surface area contributed by atoms with Gasteiger partial charge in [-0.2, -0.15) is 13.2 Å². The molecule has 1 aliphatic heterocycles. The Labute approximate surface area is 162 Å². The molecule has 1 fully saturated rings. The second-order valence-corrected chi connectivity index (χ2v) is 7.09. The molecule has 0 saturated carbocycles. The highest BCUT2D eigenvalue weighted by molar-refractivity contribution is 7.80. The van der Waals surface area contributed by atoms with Gasteiger partial charge in [0.25, 0.3) is 0 Å². The number of benzene rings is 2. The van der Waals surface area contributed by atoms with Crippen LogP contribution in [0.4, 0.5) is 18.9 Å². The molecule has 1 N–H and O–H groups in total. The van der Waals surface area contributed by atoms with Crippen molar-refractivity contribution in [2.24, 2.45) is 0 Å². The van der Waals surface area contributed by atoms with Crippen molar-refractivity contribution in [1.82, 2.24) is 9.80 Å². The van der Waals surface area contributed by atoms with Gasteiger partial charge in [0.05, 0.1) is 5.56 Å². The van der Waals surface area contributed by atoms with Crippen molar-refractivity contribution in [3.05, 3.63) is 65.2 Å². The minimum absolute atomic E-state index is 0.358. The zero-order chi connectivity index (χ0) is 19.4. The number of thiocarbonyl (C=S) groups is 1. The molecule has 1 heterocycles. The van der Waals surface area contributed by atoms with E-state index in [1.807, 2.05) is 17.0 Å². The molecule has 144 valence electrons. The molecule has 3 rings (SSSR count). The van der Waals surface area contributed by atoms with E-state index < -0.39 is 11.7 Å². The van der Waals surface area contributed by atoms with Crippen LogP contribution in [0.15, 0.2) is 48.5 Å². The molecule has 3 nitrogen and oxygen atoms in total. The predicted octanol–water partition coefficient (Wildman–Crippen LogP) is 4.53. The highest BCUT2D eigenvalue weighted by atomic mass is 32.1. The third-order valence-electron chi connectivity index (χ3n) is 4.76. The van der Waals surface area contributed by atoms with E-state index >= 15 is 0 Å². The Morgan fingerprint density at radius 1 is 1.04 bits per heavy atom. The molecule has 7 heteroatoms. The van der Waals surface area contributed by atoms with Crippen LogP contribution in [0.1, 0.15) is 16.7 Å². The van der Waals surface area contributed by atoms with E-state index in [0.717, 1.165) is 44.9 Å². The first-order chi connectivity index (χ1) is 12.8. The molecule has 2 aromatic rings. The van der Waals surface area contributed by atoms with Crippen molar-refractivity contribution in [3.8, 4) is 0 Å². The fraction of sp³-hybridized carbons (Fsp3) is 0.350. The van der Waals surface area contributed by atoms with Gasteiger partial charge in [-0.25, -0.2) is 0 Å². The Bertz CT molecular complexity index is 799. The third-order valence-corrected chi connectivity index (χ3v) is 5.12. The summed E-state index contributed by atoms with van der Waals surface area (Å²) in [6.07, 6.45) is -4.36. The lowest BCUT2D eigenvalue weighted by molar-refractivity contribution is -0.137. The average molecular weight is 393 g/mol. The van der Waals surface area contributed by atoms with Gasteiger partial charge >= 0.3 is 6.18 Å². The quantitative estimate of drug-likeness (QED) is 0.772. The summed E-state index contributed by atoms with van der Waals surface area (Å²) >= 11 is 5.40. The van der Waals surface area contributed by atoms with Crippen LogP contribution in [0, 0.1) is 6.92 Å². The Hall–Kier alpha value is -2.12. The van der Waals surface area contributed by atoms with Gasteiger partial charge in [0.2, 0.25) is 0 Å². The number of halogens is 3. The van der Waals surface area contributed by atoms with Gasteiger partial charge in [-0.3, -0.25) is 4.90 Å². The highest BCUT2D eigenvalue weighted by Crippen LogP contribution is 2.30. The van der Waals surface area contributed by atoms with Crippen LogP contribution in [0.3, 0.4) is 0 Å². The molecule has 0 atom stereocenters. The molecule has 0 aliphatic carbocycles. The van der Waals surface area contributed by atoms with Crippen LogP contribution in [-0.2, 0) is 12.7 Å². The lowest BCUT2D eigenvalue weighted by Gasteiger charge is -2.36. The molecular formula is C20H22F3N3S. The number of rotatable bonds is 3. The first-order valence-corrected chi connectivity index (χ1v) is 9.24. The lowest BCUT2D eigenvalue weighted by atomic mass is 10.1. The van der Waals surface area contributed by atoms with Crippen LogP contribution in [0.25, 0.3) is 0 Å². The predicted molar refractivity (Wildman–Crippen MR) is 106 cm³/mol. The van der Waals surface area contributed by atoms with E-state index in [2.05, 4.69) is 29.3 Å². The van der Waals surface area contributed by atoms with Crippen molar-refractivity contribution >= 4 is 23.0 Å². The van der Waals surface area contributed by atoms with Crippen molar-refractivity contribution < 1.29 is 13.2 Å². The maximum atomic E-state index is 12.8. The molecule has 0 unspecified atom stereocenters. The minimum Gasteiger partial charge on any atom is -0.346 e. The van der Waals surface area contributed by atoms with Gasteiger partial charge in [-0.05, 0) is 48.5 Å².